The number of aromatic hydroxyl groups is 1. The number of rotatable bonds is 1. The molecule has 1 aliphatic carbocycles. The number of aromatic nitrogens is 1. The van der Waals surface area contributed by atoms with E-state index in [1.165, 1.54) is 6.20 Å². The largest absolute Gasteiger partial charge is 0.506 e. The van der Waals surface area contributed by atoms with Crippen molar-refractivity contribution in [2.45, 2.75) is 49.7 Å². The van der Waals surface area contributed by atoms with Crippen LogP contribution in [0.5, 0.6) is 5.75 Å². The van der Waals surface area contributed by atoms with Crippen molar-refractivity contribution in [2.75, 3.05) is 6.61 Å². The number of aliphatic hydroxyl groups is 1. The van der Waals surface area contributed by atoms with E-state index in [0.29, 0.717) is 18.5 Å². The zero-order valence-corrected chi connectivity index (χ0v) is 10.4. The highest BCUT2D eigenvalue weighted by atomic mass is 16.5. The highest BCUT2D eigenvalue weighted by Gasteiger charge is 2.45. The number of ether oxygens (including phenoxy) is 1. The fourth-order valence-electron chi connectivity index (χ4n) is 3.19. The Morgan fingerprint density at radius 2 is 1.89 bits per heavy atom. The monoisotopic (exact) mass is 249 g/mol. The molecule has 0 amide bonds. The molecule has 3 rings (SSSR count). The van der Waals surface area contributed by atoms with Crippen LogP contribution in [0.1, 0.15) is 44.2 Å². The van der Waals surface area contributed by atoms with Gasteiger partial charge in [-0.2, -0.15) is 0 Å². The fourth-order valence-corrected chi connectivity index (χ4v) is 3.19. The third kappa shape index (κ3) is 1.99. The first-order valence-corrected chi connectivity index (χ1v) is 6.64. The molecule has 2 heterocycles. The summed E-state index contributed by atoms with van der Waals surface area (Å²) in [6, 6.07) is 3.29. The third-order valence-electron chi connectivity index (χ3n) is 4.40. The van der Waals surface area contributed by atoms with Gasteiger partial charge in [0.15, 0.2) is 0 Å². The lowest BCUT2D eigenvalue weighted by Gasteiger charge is -2.41. The van der Waals surface area contributed by atoms with E-state index < -0.39 is 5.60 Å². The van der Waals surface area contributed by atoms with Gasteiger partial charge in [0.05, 0.1) is 17.5 Å². The smallest absolute Gasteiger partial charge is 0.133 e. The SMILES string of the molecule is Oc1ccc(C2(O)CCC3(CCCO3)CC2)nc1. The molecule has 0 atom stereocenters. The first-order chi connectivity index (χ1) is 8.62. The van der Waals surface area contributed by atoms with E-state index in [1.54, 1.807) is 12.1 Å². The summed E-state index contributed by atoms with van der Waals surface area (Å²) in [7, 11) is 0. The lowest BCUT2D eigenvalue weighted by Crippen LogP contribution is -2.41. The van der Waals surface area contributed by atoms with Crippen LogP contribution in [0.3, 0.4) is 0 Å². The van der Waals surface area contributed by atoms with Crippen LogP contribution >= 0.6 is 0 Å². The minimum atomic E-state index is -0.856. The molecule has 4 heteroatoms. The van der Waals surface area contributed by atoms with Crippen molar-refractivity contribution in [3.63, 3.8) is 0 Å². The van der Waals surface area contributed by atoms with Crippen LogP contribution in [0, 0.1) is 0 Å². The molecular formula is C14H19NO3. The van der Waals surface area contributed by atoms with Crippen LogP contribution in [0.15, 0.2) is 18.3 Å². The number of hydrogen-bond donors (Lipinski definition) is 2. The first-order valence-electron chi connectivity index (χ1n) is 6.64. The third-order valence-corrected chi connectivity index (χ3v) is 4.40. The van der Waals surface area contributed by atoms with Gasteiger partial charge in [0, 0.05) is 6.61 Å². The second-order valence-electron chi connectivity index (χ2n) is 5.57. The van der Waals surface area contributed by atoms with Gasteiger partial charge in [-0.3, -0.25) is 4.98 Å². The van der Waals surface area contributed by atoms with Crippen molar-refractivity contribution < 1.29 is 14.9 Å². The Bertz CT molecular complexity index is 413. The van der Waals surface area contributed by atoms with Crippen LogP contribution in [0.25, 0.3) is 0 Å². The number of hydrogen-bond acceptors (Lipinski definition) is 4. The Kier molecular flexibility index (Phi) is 2.79. The second kappa shape index (κ2) is 4.21. The Morgan fingerprint density at radius 1 is 1.11 bits per heavy atom. The number of pyridine rings is 1. The molecule has 1 saturated carbocycles. The van der Waals surface area contributed by atoms with Gasteiger partial charge in [-0.1, -0.05) is 0 Å². The predicted molar refractivity (Wildman–Crippen MR) is 66.2 cm³/mol. The van der Waals surface area contributed by atoms with Crippen molar-refractivity contribution in [3.8, 4) is 5.75 Å². The average molecular weight is 249 g/mol. The minimum Gasteiger partial charge on any atom is -0.506 e. The van der Waals surface area contributed by atoms with Crippen LogP contribution in [-0.4, -0.2) is 27.4 Å². The van der Waals surface area contributed by atoms with E-state index >= 15 is 0 Å². The molecule has 18 heavy (non-hydrogen) atoms. The molecule has 1 aliphatic heterocycles. The second-order valence-corrected chi connectivity index (χ2v) is 5.57. The summed E-state index contributed by atoms with van der Waals surface area (Å²) in [5.74, 6) is 0.133. The predicted octanol–water partition coefficient (Wildman–Crippen LogP) is 2.10. The van der Waals surface area contributed by atoms with Crippen molar-refractivity contribution in [1.82, 2.24) is 4.98 Å². The van der Waals surface area contributed by atoms with Gasteiger partial charge in [0.1, 0.15) is 11.4 Å². The van der Waals surface area contributed by atoms with Gasteiger partial charge in [-0.25, -0.2) is 0 Å². The van der Waals surface area contributed by atoms with Gasteiger partial charge >= 0.3 is 0 Å². The summed E-state index contributed by atoms with van der Waals surface area (Å²) in [4.78, 5) is 4.15. The molecular weight excluding hydrogens is 230 g/mol. The maximum atomic E-state index is 10.7. The molecule has 98 valence electrons. The average Bonchev–Trinajstić information content (AvgIpc) is 2.83. The molecule has 1 aromatic heterocycles. The van der Waals surface area contributed by atoms with Crippen molar-refractivity contribution in [1.29, 1.82) is 0 Å². The molecule has 1 saturated heterocycles. The summed E-state index contributed by atoms with van der Waals surface area (Å²) in [6.07, 6.45) is 6.80. The highest BCUT2D eigenvalue weighted by molar-refractivity contribution is 5.22. The van der Waals surface area contributed by atoms with E-state index in [2.05, 4.69) is 4.98 Å². The zero-order chi connectivity index (χ0) is 12.6. The standard InChI is InChI=1S/C14H19NO3/c16-11-2-3-12(15-10-11)14(17)7-5-13(6-8-14)4-1-9-18-13/h2-3,10,16-17H,1,4-9H2. The van der Waals surface area contributed by atoms with Gasteiger partial charge in [0.2, 0.25) is 0 Å². The Morgan fingerprint density at radius 3 is 2.44 bits per heavy atom. The van der Waals surface area contributed by atoms with Gasteiger partial charge < -0.3 is 14.9 Å². The summed E-state index contributed by atoms with van der Waals surface area (Å²) < 4.78 is 5.86. The Balaban J connectivity index is 1.75. The van der Waals surface area contributed by atoms with Gasteiger partial charge in [0.25, 0.3) is 0 Å². The molecule has 0 bridgehead atoms. The van der Waals surface area contributed by atoms with Gasteiger partial charge in [-0.15, -0.1) is 0 Å². The van der Waals surface area contributed by atoms with E-state index in [9.17, 15) is 10.2 Å². The normalized spacial score (nSPS) is 36.1. The maximum Gasteiger partial charge on any atom is 0.133 e. The molecule has 2 N–H and O–H groups in total. The summed E-state index contributed by atoms with van der Waals surface area (Å²) >= 11 is 0. The topological polar surface area (TPSA) is 62.6 Å². The van der Waals surface area contributed by atoms with Crippen molar-refractivity contribution in [3.05, 3.63) is 24.0 Å². The van der Waals surface area contributed by atoms with Gasteiger partial charge in [-0.05, 0) is 50.7 Å². The molecule has 4 nitrogen and oxygen atoms in total. The summed E-state index contributed by atoms with van der Waals surface area (Å²) in [5, 5.41) is 19.9. The van der Waals surface area contributed by atoms with E-state index in [0.717, 1.165) is 32.3 Å². The molecule has 2 aliphatic rings. The molecule has 1 aromatic rings. The number of nitrogens with zero attached hydrogens (tertiary/aromatic N) is 1. The van der Waals surface area contributed by atoms with Crippen molar-refractivity contribution in [2.24, 2.45) is 0 Å². The lowest BCUT2D eigenvalue weighted by molar-refractivity contribution is -0.0958. The highest BCUT2D eigenvalue weighted by Crippen LogP contribution is 2.46. The Labute approximate surface area is 107 Å². The quantitative estimate of drug-likeness (QED) is 0.800. The van der Waals surface area contributed by atoms with Crippen LogP contribution in [0.2, 0.25) is 0 Å². The summed E-state index contributed by atoms with van der Waals surface area (Å²) in [5.41, 5.74) is -0.179. The maximum absolute atomic E-state index is 10.7. The summed E-state index contributed by atoms with van der Waals surface area (Å²) in [6.45, 7) is 0.857. The molecule has 2 fully saturated rings. The molecule has 0 radical (unpaired) electrons. The van der Waals surface area contributed by atoms with E-state index in [-0.39, 0.29) is 11.4 Å². The van der Waals surface area contributed by atoms with Crippen molar-refractivity contribution >= 4 is 0 Å². The first kappa shape index (κ1) is 11.9. The molecule has 0 unspecified atom stereocenters. The van der Waals surface area contributed by atoms with Crippen LogP contribution < -0.4 is 0 Å². The molecule has 1 spiro atoms. The fraction of sp³-hybridized carbons (Fsp3) is 0.643. The lowest BCUT2D eigenvalue weighted by atomic mass is 9.73. The molecule has 0 aromatic carbocycles. The van der Waals surface area contributed by atoms with Crippen LogP contribution in [0.4, 0.5) is 0 Å². The van der Waals surface area contributed by atoms with E-state index in [1.807, 2.05) is 0 Å². The van der Waals surface area contributed by atoms with Crippen LogP contribution in [-0.2, 0) is 10.3 Å². The zero-order valence-electron chi connectivity index (χ0n) is 10.4. The van der Waals surface area contributed by atoms with E-state index in [4.69, 9.17) is 4.74 Å². The minimum absolute atomic E-state index is 0.0170. The Hall–Kier alpha value is -1.13.